The molecule has 30 heavy (non-hydrogen) atoms. The van der Waals surface area contributed by atoms with Crippen LogP contribution in [0.1, 0.15) is 10.4 Å². The molecule has 5 nitrogen and oxygen atoms in total. The van der Waals surface area contributed by atoms with E-state index in [1.54, 1.807) is 6.07 Å². The second-order valence-corrected chi connectivity index (χ2v) is 6.66. The Labute approximate surface area is 173 Å². The summed E-state index contributed by atoms with van der Waals surface area (Å²) in [7, 11) is 0. The van der Waals surface area contributed by atoms with Gasteiger partial charge in [-0.3, -0.25) is 4.79 Å². The highest BCUT2D eigenvalue weighted by Crippen LogP contribution is 2.30. The molecule has 3 aromatic carbocycles. The Hall–Kier alpha value is -4.17. The molecule has 4 aromatic rings. The van der Waals surface area contributed by atoms with Gasteiger partial charge in [-0.1, -0.05) is 66.6 Å². The van der Waals surface area contributed by atoms with Crippen LogP contribution in [0.15, 0.2) is 72.8 Å². The van der Waals surface area contributed by atoms with E-state index in [1.165, 1.54) is 0 Å². The Kier molecular flexibility index (Phi) is 5.40. The van der Waals surface area contributed by atoms with E-state index in [2.05, 4.69) is 11.2 Å². The first kappa shape index (κ1) is 19.2. The zero-order valence-corrected chi connectivity index (χ0v) is 16.1. The predicted octanol–water partition coefficient (Wildman–Crippen LogP) is 3.96. The zero-order valence-electron chi connectivity index (χ0n) is 16.1. The number of hydrogen-bond donors (Lipinski definition) is 1. The number of esters is 1. The average Bonchev–Trinajstić information content (AvgIpc) is 2.80. The molecule has 146 valence electrons. The second-order valence-electron chi connectivity index (χ2n) is 6.66. The van der Waals surface area contributed by atoms with Crippen LogP contribution in [0.25, 0.3) is 32.9 Å². The Morgan fingerprint density at radius 3 is 2.53 bits per heavy atom. The number of pyridine rings is 1. The number of amides is 1. The zero-order chi connectivity index (χ0) is 20.9. The van der Waals surface area contributed by atoms with Crippen LogP contribution in [-0.2, 0) is 9.53 Å². The summed E-state index contributed by atoms with van der Waals surface area (Å²) < 4.78 is 5.23. The van der Waals surface area contributed by atoms with Crippen LogP contribution < -0.4 is 5.32 Å². The van der Waals surface area contributed by atoms with Crippen molar-refractivity contribution in [2.24, 2.45) is 0 Å². The molecule has 0 saturated heterocycles. The lowest BCUT2D eigenvalue weighted by Crippen LogP contribution is -2.29. The Bertz CT molecular complexity index is 1300. The van der Waals surface area contributed by atoms with Gasteiger partial charge < -0.3 is 10.1 Å². The van der Waals surface area contributed by atoms with E-state index in [9.17, 15) is 9.59 Å². The van der Waals surface area contributed by atoms with Crippen molar-refractivity contribution in [2.45, 2.75) is 0 Å². The largest absolute Gasteiger partial charge is 0.452 e. The molecule has 0 aliphatic heterocycles. The Morgan fingerprint density at radius 2 is 1.70 bits per heavy atom. The molecule has 0 saturated carbocycles. The molecule has 5 heteroatoms. The van der Waals surface area contributed by atoms with Gasteiger partial charge in [0.25, 0.3) is 5.91 Å². The molecule has 0 atom stereocenters. The number of hydrogen-bond acceptors (Lipinski definition) is 4. The maximum absolute atomic E-state index is 12.8. The topological polar surface area (TPSA) is 68.3 Å². The van der Waals surface area contributed by atoms with E-state index in [0.29, 0.717) is 22.2 Å². The molecule has 0 unspecified atom stereocenters. The fourth-order valence-electron chi connectivity index (χ4n) is 3.34. The maximum atomic E-state index is 12.8. The highest BCUT2D eigenvalue weighted by atomic mass is 16.5. The number of nitrogens with zero attached hydrogens (tertiary/aromatic N) is 1. The molecule has 0 aliphatic carbocycles. The van der Waals surface area contributed by atoms with Crippen molar-refractivity contribution in [3.05, 3.63) is 78.4 Å². The molecule has 0 bridgehead atoms. The number of benzene rings is 3. The van der Waals surface area contributed by atoms with Crippen LogP contribution in [0.2, 0.25) is 0 Å². The first-order chi connectivity index (χ1) is 14.7. The summed E-state index contributed by atoms with van der Waals surface area (Å²) in [6.07, 6.45) is 5.12. The Morgan fingerprint density at radius 1 is 0.967 bits per heavy atom. The summed E-state index contributed by atoms with van der Waals surface area (Å²) in [5.74, 6) is 1.26. The number of carbonyl (C=O) groups excluding carboxylic acids is 2. The number of carbonyl (C=O) groups is 2. The summed E-state index contributed by atoms with van der Waals surface area (Å²) in [5, 5.41) is 5.25. The molecular weight excluding hydrogens is 376 g/mol. The molecule has 1 heterocycles. The summed E-state index contributed by atoms with van der Waals surface area (Å²) in [4.78, 5) is 29.3. The molecule has 1 aromatic heterocycles. The van der Waals surface area contributed by atoms with E-state index in [-0.39, 0.29) is 6.54 Å². The van der Waals surface area contributed by atoms with Crippen molar-refractivity contribution >= 4 is 33.6 Å². The summed E-state index contributed by atoms with van der Waals surface area (Å²) in [6, 6.07) is 23.0. The van der Waals surface area contributed by atoms with Crippen LogP contribution in [0.3, 0.4) is 0 Å². The number of para-hydroxylation sites is 1. The highest BCUT2D eigenvalue weighted by molar-refractivity contribution is 6.06. The first-order valence-corrected chi connectivity index (χ1v) is 9.42. The molecule has 0 aliphatic rings. The van der Waals surface area contributed by atoms with Crippen molar-refractivity contribution in [1.29, 1.82) is 0 Å². The third-order valence-corrected chi connectivity index (χ3v) is 4.72. The van der Waals surface area contributed by atoms with E-state index < -0.39 is 18.5 Å². The quantitative estimate of drug-likeness (QED) is 0.411. The monoisotopic (exact) mass is 394 g/mol. The van der Waals surface area contributed by atoms with Gasteiger partial charge >= 0.3 is 5.97 Å². The lowest BCUT2D eigenvalue weighted by Gasteiger charge is -2.11. The van der Waals surface area contributed by atoms with Crippen molar-refractivity contribution in [3.8, 4) is 23.6 Å². The SMILES string of the molecule is C#CCNC(=O)COC(=O)c1cc(-c2cccc3ccccc23)nc2ccccc12. The van der Waals surface area contributed by atoms with E-state index in [0.717, 1.165) is 16.3 Å². The van der Waals surface area contributed by atoms with Crippen LogP contribution in [0.5, 0.6) is 0 Å². The smallest absolute Gasteiger partial charge is 0.339 e. The van der Waals surface area contributed by atoms with E-state index in [4.69, 9.17) is 16.1 Å². The number of ether oxygens (including phenoxy) is 1. The molecule has 1 amide bonds. The van der Waals surface area contributed by atoms with Crippen LogP contribution in [0, 0.1) is 12.3 Å². The molecule has 0 spiro atoms. The number of terminal acetylenes is 1. The van der Waals surface area contributed by atoms with Gasteiger partial charge in [0.2, 0.25) is 0 Å². The minimum atomic E-state index is -0.592. The maximum Gasteiger partial charge on any atom is 0.339 e. The lowest BCUT2D eigenvalue weighted by molar-refractivity contribution is -0.123. The van der Waals surface area contributed by atoms with Gasteiger partial charge in [0.15, 0.2) is 6.61 Å². The van der Waals surface area contributed by atoms with Gasteiger partial charge in [-0.25, -0.2) is 9.78 Å². The third kappa shape index (κ3) is 3.85. The van der Waals surface area contributed by atoms with Crippen LogP contribution in [0.4, 0.5) is 0 Å². The van der Waals surface area contributed by atoms with Gasteiger partial charge in [-0.15, -0.1) is 6.42 Å². The molecule has 1 N–H and O–H groups in total. The van der Waals surface area contributed by atoms with E-state index in [1.807, 2.05) is 66.7 Å². The standard InChI is InChI=1S/C25H18N2O3/c1-2-14-26-24(28)16-30-25(29)21-15-23(27-22-13-6-5-11-20(21)22)19-12-7-9-17-8-3-4-10-18(17)19/h1,3-13,15H,14,16H2,(H,26,28). The number of fused-ring (bicyclic) bond motifs is 2. The first-order valence-electron chi connectivity index (χ1n) is 9.42. The highest BCUT2D eigenvalue weighted by Gasteiger charge is 2.17. The van der Waals surface area contributed by atoms with E-state index >= 15 is 0 Å². The van der Waals surface area contributed by atoms with Crippen LogP contribution in [-0.4, -0.2) is 30.0 Å². The summed E-state index contributed by atoms with van der Waals surface area (Å²) in [6.45, 7) is -0.319. The number of rotatable bonds is 5. The fraction of sp³-hybridized carbons (Fsp3) is 0.0800. The van der Waals surface area contributed by atoms with Crippen molar-refractivity contribution in [3.63, 3.8) is 0 Å². The molecule has 0 radical (unpaired) electrons. The third-order valence-electron chi connectivity index (χ3n) is 4.72. The van der Waals surface area contributed by atoms with Gasteiger partial charge in [-0.2, -0.15) is 0 Å². The molecule has 0 fully saturated rings. The summed E-state index contributed by atoms with van der Waals surface area (Å²) >= 11 is 0. The minimum absolute atomic E-state index is 0.0831. The molecular formula is C25H18N2O3. The van der Waals surface area contributed by atoms with Crippen molar-refractivity contribution in [2.75, 3.05) is 13.2 Å². The van der Waals surface area contributed by atoms with Gasteiger partial charge in [0.05, 0.1) is 23.3 Å². The average molecular weight is 394 g/mol. The predicted molar refractivity (Wildman–Crippen MR) is 117 cm³/mol. The van der Waals surface area contributed by atoms with Gasteiger partial charge in [0.1, 0.15) is 0 Å². The van der Waals surface area contributed by atoms with Crippen molar-refractivity contribution < 1.29 is 14.3 Å². The van der Waals surface area contributed by atoms with Crippen LogP contribution >= 0.6 is 0 Å². The Balaban J connectivity index is 1.76. The molecule has 4 rings (SSSR count). The second kappa shape index (κ2) is 8.46. The lowest BCUT2D eigenvalue weighted by atomic mass is 9.99. The van der Waals surface area contributed by atoms with Gasteiger partial charge in [-0.05, 0) is 22.9 Å². The number of aromatic nitrogens is 1. The summed E-state index contributed by atoms with van der Waals surface area (Å²) in [5.41, 5.74) is 2.61. The van der Waals surface area contributed by atoms with Gasteiger partial charge in [0, 0.05) is 10.9 Å². The fourth-order valence-corrected chi connectivity index (χ4v) is 3.34. The van der Waals surface area contributed by atoms with Crippen molar-refractivity contribution in [1.82, 2.24) is 10.3 Å². The number of nitrogens with one attached hydrogen (secondary N) is 1. The normalized spacial score (nSPS) is 10.5. The minimum Gasteiger partial charge on any atom is -0.452 e.